The fraction of sp³-hybridized carbons (Fsp3) is 0.214. The molecule has 3 rings (SSSR count). The van der Waals surface area contributed by atoms with Gasteiger partial charge in [-0.15, -0.1) is 5.53 Å². The van der Waals surface area contributed by atoms with Crippen LogP contribution in [0.3, 0.4) is 0 Å². The second-order valence-corrected chi connectivity index (χ2v) is 4.83. The van der Waals surface area contributed by atoms with E-state index in [0.29, 0.717) is 17.3 Å². The van der Waals surface area contributed by atoms with Crippen molar-refractivity contribution < 1.29 is 4.84 Å². The smallest absolute Gasteiger partial charge is 0.277 e. The van der Waals surface area contributed by atoms with Crippen molar-refractivity contribution in [1.29, 1.82) is 0 Å². The number of benzene rings is 1. The first-order valence-electron chi connectivity index (χ1n) is 6.71. The van der Waals surface area contributed by atoms with E-state index >= 15 is 0 Å². The number of hydrogen-bond acceptors (Lipinski definition) is 7. The van der Waals surface area contributed by atoms with Gasteiger partial charge in [-0.2, -0.15) is 0 Å². The lowest BCUT2D eigenvalue weighted by Gasteiger charge is -2.17. The van der Waals surface area contributed by atoms with Crippen LogP contribution < -0.4 is 21.5 Å². The van der Waals surface area contributed by atoms with Crippen LogP contribution in [-0.2, 0) is 4.84 Å². The number of aryl methyl sites for hydroxylation is 1. The monoisotopic (exact) mass is 300 g/mol. The molecule has 1 aliphatic heterocycles. The van der Waals surface area contributed by atoms with Crippen LogP contribution in [0.2, 0.25) is 0 Å². The van der Waals surface area contributed by atoms with Crippen LogP contribution in [0.4, 0.5) is 17.2 Å². The first kappa shape index (κ1) is 14.1. The Kier molecular flexibility index (Phi) is 3.51. The maximum absolute atomic E-state index is 11.9. The van der Waals surface area contributed by atoms with E-state index in [1.54, 1.807) is 11.9 Å². The zero-order valence-corrected chi connectivity index (χ0v) is 12.5. The van der Waals surface area contributed by atoms with Crippen LogP contribution in [0.5, 0.6) is 0 Å². The van der Waals surface area contributed by atoms with E-state index < -0.39 is 0 Å². The number of nitrogens with zero attached hydrogens (tertiary/aromatic N) is 3. The van der Waals surface area contributed by atoms with Crippen LogP contribution in [-0.4, -0.2) is 22.8 Å². The zero-order chi connectivity index (χ0) is 15.7. The Morgan fingerprint density at radius 2 is 2.23 bits per heavy atom. The number of fused-ring (bicyclic) bond motifs is 1. The minimum absolute atomic E-state index is 0.217. The van der Waals surface area contributed by atoms with Gasteiger partial charge in [0.2, 0.25) is 0 Å². The highest BCUT2D eigenvalue weighted by atomic mass is 16.6. The van der Waals surface area contributed by atoms with E-state index in [0.717, 1.165) is 17.0 Å². The lowest BCUT2D eigenvalue weighted by Crippen LogP contribution is -2.32. The van der Waals surface area contributed by atoms with E-state index in [1.807, 2.05) is 31.2 Å². The van der Waals surface area contributed by atoms with Crippen molar-refractivity contribution in [2.75, 3.05) is 17.5 Å². The van der Waals surface area contributed by atoms with Crippen LogP contribution >= 0.6 is 0 Å². The summed E-state index contributed by atoms with van der Waals surface area (Å²) in [5, 5.41) is 5.64. The molecule has 2 heterocycles. The van der Waals surface area contributed by atoms with E-state index in [1.165, 1.54) is 7.11 Å². The van der Waals surface area contributed by atoms with Gasteiger partial charge in [-0.05, 0) is 26.0 Å². The highest BCUT2D eigenvalue weighted by Crippen LogP contribution is 2.30. The summed E-state index contributed by atoms with van der Waals surface area (Å²) in [5.41, 5.74) is 8.43. The maximum Gasteiger partial charge on any atom is 0.277 e. The molecule has 0 spiro atoms. The zero-order valence-electron chi connectivity index (χ0n) is 12.5. The van der Waals surface area contributed by atoms with Gasteiger partial charge in [0.15, 0.2) is 11.5 Å². The van der Waals surface area contributed by atoms with Crippen LogP contribution in [0.25, 0.3) is 0 Å². The number of nitrogens with one attached hydrogen (secondary N) is 3. The van der Waals surface area contributed by atoms with Crippen LogP contribution in [0.1, 0.15) is 18.3 Å². The molecular weight excluding hydrogens is 284 g/mol. The summed E-state index contributed by atoms with van der Waals surface area (Å²) < 4.78 is 0. The molecule has 0 unspecified atom stereocenters. The number of aromatic amines is 1. The minimum Gasteiger partial charge on any atom is -0.399 e. The molecule has 0 bridgehead atoms. The molecular formula is C14H16N6O2. The molecule has 0 radical (unpaired) electrons. The number of H-pyrrole nitrogens is 1. The van der Waals surface area contributed by atoms with Gasteiger partial charge in [0.05, 0.1) is 11.4 Å². The highest BCUT2D eigenvalue weighted by Gasteiger charge is 2.25. The Hall–Kier alpha value is -2.87. The molecule has 0 fully saturated rings. The molecule has 8 heteroatoms. The Labute approximate surface area is 126 Å². The summed E-state index contributed by atoms with van der Waals surface area (Å²) >= 11 is 0. The third-order valence-corrected chi connectivity index (χ3v) is 3.27. The average Bonchev–Trinajstić information content (AvgIpc) is 2.91. The van der Waals surface area contributed by atoms with Gasteiger partial charge in [0.1, 0.15) is 12.9 Å². The number of anilines is 3. The van der Waals surface area contributed by atoms with Gasteiger partial charge in [0, 0.05) is 5.56 Å². The largest absolute Gasteiger partial charge is 0.399 e. The van der Waals surface area contributed by atoms with Crippen molar-refractivity contribution in [3.8, 4) is 0 Å². The average molecular weight is 300 g/mol. The quantitative estimate of drug-likeness (QED) is 0.586. The number of aromatic nitrogens is 2. The highest BCUT2D eigenvalue weighted by molar-refractivity contribution is 5.99. The predicted octanol–water partition coefficient (Wildman–Crippen LogP) is 1.43. The molecule has 1 aromatic heterocycles. The Bertz CT molecular complexity index is 798. The third-order valence-electron chi connectivity index (χ3n) is 3.27. The summed E-state index contributed by atoms with van der Waals surface area (Å²) in [6, 6.07) is 7.67. The fourth-order valence-corrected chi connectivity index (χ4v) is 2.26. The lowest BCUT2D eigenvalue weighted by molar-refractivity contribution is 0.213. The molecule has 22 heavy (non-hydrogen) atoms. The van der Waals surface area contributed by atoms with E-state index in [-0.39, 0.29) is 5.56 Å². The first-order chi connectivity index (χ1) is 10.6. The molecule has 8 nitrogen and oxygen atoms in total. The number of hydrogen-bond donors (Lipinski definition) is 3. The minimum atomic E-state index is -0.217. The van der Waals surface area contributed by atoms with Gasteiger partial charge in [-0.25, -0.2) is 9.99 Å². The number of rotatable bonds is 3. The summed E-state index contributed by atoms with van der Waals surface area (Å²) in [6.07, 6.45) is 0. The van der Waals surface area contributed by atoms with Gasteiger partial charge < -0.3 is 9.82 Å². The van der Waals surface area contributed by atoms with E-state index in [4.69, 9.17) is 4.84 Å². The molecule has 0 saturated heterocycles. The Balaban J connectivity index is 2.03. The second kappa shape index (κ2) is 5.49. The van der Waals surface area contributed by atoms with Crippen molar-refractivity contribution >= 4 is 22.9 Å². The topological polar surface area (TPSA) is 94.6 Å². The molecule has 0 atom stereocenters. The maximum atomic E-state index is 11.9. The fourth-order valence-electron chi connectivity index (χ4n) is 2.26. The second-order valence-electron chi connectivity index (χ2n) is 4.83. The van der Waals surface area contributed by atoms with Gasteiger partial charge in [-0.3, -0.25) is 10.2 Å². The molecule has 0 aliphatic carbocycles. The Morgan fingerprint density at radius 3 is 3.00 bits per heavy atom. The summed E-state index contributed by atoms with van der Waals surface area (Å²) in [7, 11) is 1.51. The molecule has 0 amide bonds. The van der Waals surface area contributed by atoms with Gasteiger partial charge in [-0.1, -0.05) is 17.3 Å². The van der Waals surface area contributed by atoms with Crippen molar-refractivity contribution in [2.24, 2.45) is 5.16 Å². The van der Waals surface area contributed by atoms with Crippen molar-refractivity contribution in [2.45, 2.75) is 13.8 Å². The standard InChI is InChI=1S/C14H16N6O2/c1-8(18-22-3)10-5-4-6-11(7-10)20-13-12(17-19-20)14(21)16-9(2)15-13/h4-7,17,19H,1-3H3,(H,15,16,21)/b18-8+. The van der Waals surface area contributed by atoms with Crippen LogP contribution in [0, 0.1) is 6.92 Å². The number of oxime groups is 1. The van der Waals surface area contributed by atoms with Crippen LogP contribution in [0.15, 0.2) is 34.2 Å². The first-order valence-corrected chi connectivity index (χ1v) is 6.71. The summed E-state index contributed by atoms with van der Waals surface area (Å²) in [6.45, 7) is 3.60. The third kappa shape index (κ3) is 2.40. The van der Waals surface area contributed by atoms with E-state index in [9.17, 15) is 4.79 Å². The molecule has 1 aliphatic rings. The van der Waals surface area contributed by atoms with Gasteiger partial charge in [0.25, 0.3) is 5.56 Å². The molecule has 1 aromatic carbocycles. The Morgan fingerprint density at radius 1 is 1.41 bits per heavy atom. The van der Waals surface area contributed by atoms with Crippen molar-refractivity contribution in [3.63, 3.8) is 0 Å². The SMILES string of the molecule is CO/N=C(\C)c1cccc(N2NNc3c2nc(C)[nH]c3=O)c1. The summed E-state index contributed by atoms with van der Waals surface area (Å²) in [4.78, 5) is 23.7. The molecule has 3 N–H and O–H groups in total. The molecule has 114 valence electrons. The van der Waals surface area contributed by atoms with Gasteiger partial charge >= 0.3 is 0 Å². The summed E-state index contributed by atoms with van der Waals surface area (Å²) in [5.74, 6) is 1.08. The predicted molar refractivity (Wildman–Crippen MR) is 84.2 cm³/mol. The normalized spacial score (nSPS) is 13.8. The molecule has 0 saturated carbocycles. The lowest BCUT2D eigenvalue weighted by atomic mass is 10.1. The van der Waals surface area contributed by atoms with Crippen molar-refractivity contribution in [1.82, 2.24) is 15.5 Å². The van der Waals surface area contributed by atoms with E-state index in [2.05, 4.69) is 26.1 Å². The molecule has 2 aromatic rings. The number of hydrazine groups is 2. The van der Waals surface area contributed by atoms with Crippen molar-refractivity contribution in [3.05, 3.63) is 46.0 Å².